The minimum absolute atomic E-state index is 0.0105. The summed E-state index contributed by atoms with van der Waals surface area (Å²) in [5.41, 5.74) is 1.34. The van der Waals surface area contributed by atoms with E-state index in [1.165, 1.54) is 28.8 Å². The first kappa shape index (κ1) is 27.9. The Morgan fingerprint density at radius 1 is 1.29 bits per heavy atom. The van der Waals surface area contributed by atoms with Crippen LogP contribution >= 0.6 is 11.8 Å². The van der Waals surface area contributed by atoms with Crippen LogP contribution in [-0.2, 0) is 25.5 Å². The summed E-state index contributed by atoms with van der Waals surface area (Å²) in [7, 11) is 0. The number of nitrogens with zero attached hydrogens (tertiary/aromatic N) is 3. The number of amides is 2. The summed E-state index contributed by atoms with van der Waals surface area (Å²) in [4.78, 5) is 47.1. The number of hydrogen-bond acceptors (Lipinski definition) is 8. The Labute approximate surface area is 227 Å². The van der Waals surface area contributed by atoms with Crippen molar-refractivity contribution in [3.63, 3.8) is 0 Å². The van der Waals surface area contributed by atoms with Crippen LogP contribution in [-0.4, -0.2) is 81.1 Å². The Bertz CT molecular complexity index is 1110. The lowest BCUT2D eigenvalue weighted by Gasteiger charge is -2.46. The van der Waals surface area contributed by atoms with Crippen molar-refractivity contribution in [2.45, 2.75) is 56.5 Å². The third kappa shape index (κ3) is 5.51. The van der Waals surface area contributed by atoms with Gasteiger partial charge in [0.1, 0.15) is 18.9 Å². The van der Waals surface area contributed by atoms with E-state index in [0.717, 1.165) is 23.3 Å². The van der Waals surface area contributed by atoms with Crippen LogP contribution in [0.25, 0.3) is 0 Å². The predicted molar refractivity (Wildman–Crippen MR) is 144 cm³/mol. The number of aromatic nitrogens is 1. The Hall–Kier alpha value is -3.11. The van der Waals surface area contributed by atoms with E-state index < -0.39 is 24.1 Å². The summed E-state index contributed by atoms with van der Waals surface area (Å²) < 4.78 is 10.7. The maximum atomic E-state index is 13.1. The minimum Gasteiger partial charge on any atom is -0.457 e. The Morgan fingerprint density at radius 2 is 2.03 bits per heavy atom. The number of ether oxygens (including phenoxy) is 2. The van der Waals surface area contributed by atoms with Gasteiger partial charge in [-0.1, -0.05) is 38.3 Å². The van der Waals surface area contributed by atoms with Crippen molar-refractivity contribution >= 4 is 29.7 Å². The van der Waals surface area contributed by atoms with Gasteiger partial charge in [0.15, 0.2) is 0 Å². The molecule has 6 atom stereocenters. The second-order valence-electron chi connectivity index (χ2n) is 9.90. The summed E-state index contributed by atoms with van der Waals surface area (Å²) in [6, 6.07) is 3.56. The number of aliphatic hydroxyl groups excluding tert-OH is 1. The Kier molecular flexibility index (Phi) is 8.94. The zero-order valence-corrected chi connectivity index (χ0v) is 22.6. The molecule has 2 fully saturated rings. The number of aliphatic hydroxyl groups is 1. The van der Waals surface area contributed by atoms with Crippen LogP contribution in [0.5, 0.6) is 0 Å². The van der Waals surface area contributed by atoms with Gasteiger partial charge in [-0.25, -0.2) is 9.59 Å². The topological polar surface area (TPSA) is 109 Å². The lowest BCUT2D eigenvalue weighted by atomic mass is 9.79. The second kappa shape index (κ2) is 12.2. The third-order valence-electron chi connectivity index (χ3n) is 7.35. The first-order valence-corrected chi connectivity index (χ1v) is 13.8. The van der Waals surface area contributed by atoms with E-state index >= 15 is 0 Å². The highest BCUT2D eigenvalue weighted by Gasteiger charge is 2.60. The average Bonchev–Trinajstić information content (AvgIpc) is 3.42. The molecular weight excluding hydrogens is 506 g/mol. The fourth-order valence-electron chi connectivity index (χ4n) is 5.60. The number of hydrogen-bond donors (Lipinski definition) is 1. The molecule has 3 aliphatic rings. The zero-order valence-electron chi connectivity index (χ0n) is 21.8. The molecule has 204 valence electrons. The van der Waals surface area contributed by atoms with E-state index in [0.29, 0.717) is 13.0 Å². The molecule has 0 radical (unpaired) electrons. The molecule has 1 aromatic rings. The molecule has 38 heavy (non-hydrogen) atoms. The van der Waals surface area contributed by atoms with Gasteiger partial charge in [0.2, 0.25) is 5.91 Å². The first-order valence-electron chi connectivity index (χ1n) is 12.9. The van der Waals surface area contributed by atoms with Gasteiger partial charge in [-0.2, -0.15) is 0 Å². The number of fused-ring (bicyclic) bond motifs is 1. The molecule has 4 heterocycles. The fraction of sp³-hybridized carbons (Fsp3) is 0.500. The van der Waals surface area contributed by atoms with Gasteiger partial charge in [-0.3, -0.25) is 9.78 Å². The quantitative estimate of drug-likeness (QED) is 0.258. The van der Waals surface area contributed by atoms with Gasteiger partial charge in [-0.05, 0) is 37.8 Å². The van der Waals surface area contributed by atoms with Crippen molar-refractivity contribution in [2.24, 2.45) is 11.8 Å². The van der Waals surface area contributed by atoms with Crippen LogP contribution in [0.15, 0.2) is 60.4 Å². The van der Waals surface area contributed by atoms with Gasteiger partial charge in [0.25, 0.3) is 0 Å². The van der Waals surface area contributed by atoms with Crippen LogP contribution in [0.3, 0.4) is 0 Å². The number of likely N-dealkylation sites (tertiary alicyclic amines) is 1. The molecule has 0 bridgehead atoms. The number of carbonyl (C=O) groups is 3. The van der Waals surface area contributed by atoms with E-state index in [4.69, 9.17) is 9.47 Å². The van der Waals surface area contributed by atoms with Gasteiger partial charge in [0.05, 0.1) is 18.1 Å². The minimum atomic E-state index is -0.820. The molecular formula is C28H35N3O6S. The highest BCUT2D eigenvalue weighted by molar-refractivity contribution is 8.03. The van der Waals surface area contributed by atoms with Gasteiger partial charge < -0.3 is 24.4 Å². The normalized spacial score (nSPS) is 27.0. The van der Waals surface area contributed by atoms with E-state index in [2.05, 4.69) is 18.1 Å². The van der Waals surface area contributed by atoms with E-state index in [1.54, 1.807) is 18.0 Å². The Balaban J connectivity index is 1.55. The number of aryl methyl sites for hydroxylation is 1. The third-order valence-corrected chi connectivity index (χ3v) is 8.85. The number of thioether (sulfide) groups is 1. The van der Waals surface area contributed by atoms with Crippen LogP contribution < -0.4 is 0 Å². The molecule has 2 amide bonds. The summed E-state index contributed by atoms with van der Waals surface area (Å²) in [6.07, 6.45) is 7.58. The smallest absolute Gasteiger partial charge is 0.410 e. The Morgan fingerprint density at radius 3 is 2.68 bits per heavy atom. The number of pyridine rings is 1. The van der Waals surface area contributed by atoms with Gasteiger partial charge >= 0.3 is 12.1 Å². The van der Waals surface area contributed by atoms with E-state index in [-0.39, 0.29) is 48.1 Å². The molecule has 0 spiro atoms. The molecule has 0 unspecified atom stereocenters. The lowest BCUT2D eigenvalue weighted by Crippen LogP contribution is -2.63. The highest BCUT2D eigenvalue weighted by atomic mass is 32.2. The molecule has 10 heteroatoms. The average molecular weight is 542 g/mol. The fourth-order valence-corrected chi connectivity index (χ4v) is 7.16. The SMILES string of the molecule is C=CCOC(=O)C1=C(S[C@H]2C[C@@H](CCc3cccnc3)N(C(=O)OCC=C)C2)[C@H](C)[C@@H]2[C@@H]([C@@H](C)O)C(=O)N12. The number of β-lactam (4-membered cyclic amide) rings is 1. The van der Waals surface area contributed by atoms with E-state index in [1.807, 2.05) is 25.3 Å². The first-order chi connectivity index (χ1) is 18.3. The van der Waals surface area contributed by atoms with Crippen molar-refractivity contribution in [1.29, 1.82) is 0 Å². The van der Waals surface area contributed by atoms with Crippen LogP contribution in [0.2, 0.25) is 0 Å². The molecule has 9 nitrogen and oxygen atoms in total. The zero-order chi connectivity index (χ0) is 27.4. The molecule has 1 N–H and O–H groups in total. The monoisotopic (exact) mass is 541 g/mol. The predicted octanol–water partition coefficient (Wildman–Crippen LogP) is 3.31. The summed E-state index contributed by atoms with van der Waals surface area (Å²) in [5, 5.41) is 10.2. The summed E-state index contributed by atoms with van der Waals surface area (Å²) in [5.74, 6) is -1.56. The maximum absolute atomic E-state index is 13.1. The van der Waals surface area contributed by atoms with Gasteiger partial charge in [0, 0.05) is 41.1 Å². The highest BCUT2D eigenvalue weighted by Crippen LogP contribution is 2.52. The lowest BCUT2D eigenvalue weighted by molar-refractivity contribution is -0.164. The van der Waals surface area contributed by atoms with Crippen molar-refractivity contribution in [3.8, 4) is 0 Å². The maximum Gasteiger partial charge on any atom is 0.410 e. The molecule has 0 saturated carbocycles. The van der Waals surface area contributed by atoms with E-state index in [9.17, 15) is 19.5 Å². The molecule has 1 aromatic heterocycles. The summed E-state index contributed by atoms with van der Waals surface area (Å²) in [6.45, 7) is 11.4. The molecule has 2 saturated heterocycles. The standard InChI is InChI=1S/C28H35N3O6S/c1-5-12-36-27(34)24-25(17(3)23-22(18(4)32)26(33)31(23)24)38-21-14-20(10-9-19-8-7-11-29-15-19)30(16-21)28(35)37-13-6-2/h5-8,11,15,17-18,20-23,32H,1-2,9-10,12-14,16H2,3-4H3/t17-,18-,20-,21+,22-,23-/m1/s1. The number of esters is 1. The van der Waals surface area contributed by atoms with Gasteiger partial charge in [-0.15, -0.1) is 11.8 Å². The molecule has 0 aliphatic carbocycles. The van der Waals surface area contributed by atoms with Crippen molar-refractivity contribution < 1.29 is 29.0 Å². The second-order valence-corrected chi connectivity index (χ2v) is 11.2. The van der Waals surface area contributed by atoms with Crippen LogP contribution in [0.4, 0.5) is 4.79 Å². The number of rotatable bonds is 11. The largest absolute Gasteiger partial charge is 0.457 e. The summed E-state index contributed by atoms with van der Waals surface area (Å²) >= 11 is 1.52. The van der Waals surface area contributed by atoms with Crippen LogP contribution in [0, 0.1) is 11.8 Å². The number of carbonyl (C=O) groups excluding carboxylic acids is 3. The van der Waals surface area contributed by atoms with Crippen molar-refractivity contribution in [2.75, 3.05) is 19.8 Å². The van der Waals surface area contributed by atoms with Crippen molar-refractivity contribution in [1.82, 2.24) is 14.8 Å². The molecule has 3 aliphatic heterocycles. The molecule has 4 rings (SSSR count). The van der Waals surface area contributed by atoms with Crippen molar-refractivity contribution in [3.05, 3.63) is 66.0 Å². The molecule has 0 aromatic carbocycles. The van der Waals surface area contributed by atoms with Crippen LogP contribution in [0.1, 0.15) is 32.3 Å².